The maximum atomic E-state index is 14.1. The van der Waals surface area contributed by atoms with Gasteiger partial charge in [0.25, 0.3) is 0 Å². The molecule has 168 valence electrons. The van der Waals surface area contributed by atoms with E-state index in [-0.39, 0.29) is 5.82 Å². The fraction of sp³-hybridized carbons (Fsp3) is 0.583. The van der Waals surface area contributed by atoms with Gasteiger partial charge in [-0.15, -0.1) is 0 Å². The highest BCUT2D eigenvalue weighted by Gasteiger charge is 2.48. The summed E-state index contributed by atoms with van der Waals surface area (Å²) in [6.45, 7) is 6.05. The molecule has 4 rings (SSSR count). The topological polar surface area (TPSA) is 42.9 Å². The Bertz CT molecular complexity index is 854. The van der Waals surface area contributed by atoms with Crippen LogP contribution in [0.25, 0.3) is 5.57 Å². The van der Waals surface area contributed by atoms with Gasteiger partial charge in [0.1, 0.15) is 5.82 Å². The van der Waals surface area contributed by atoms with E-state index >= 15 is 0 Å². The number of hydrogen-bond acceptors (Lipinski definition) is 6. The highest BCUT2D eigenvalue weighted by molar-refractivity contribution is 6.08. The number of piperazine rings is 1. The Morgan fingerprint density at radius 1 is 1.26 bits per heavy atom. The van der Waals surface area contributed by atoms with Crippen LogP contribution < -0.4 is 4.90 Å². The Balaban J connectivity index is 1.45. The lowest BCUT2D eigenvalue weighted by Crippen LogP contribution is -2.54. The molecule has 6 nitrogen and oxygen atoms in total. The third-order valence-corrected chi connectivity index (χ3v) is 6.95. The highest BCUT2D eigenvalue weighted by atomic mass is 19.1. The maximum absolute atomic E-state index is 14.1. The summed E-state index contributed by atoms with van der Waals surface area (Å²) in [5.74, 6) is -0.373. The zero-order chi connectivity index (χ0) is 22.0. The lowest BCUT2D eigenvalue weighted by molar-refractivity contribution is -0.103. The molecule has 0 bridgehead atoms. The van der Waals surface area contributed by atoms with Crippen LogP contribution >= 0.6 is 0 Å². The first-order valence-electron chi connectivity index (χ1n) is 11.2. The molecule has 1 atom stereocenters. The van der Waals surface area contributed by atoms with Crippen LogP contribution in [0.2, 0.25) is 0 Å². The van der Waals surface area contributed by atoms with Crippen molar-refractivity contribution in [1.29, 1.82) is 0 Å². The van der Waals surface area contributed by atoms with Gasteiger partial charge in [-0.25, -0.2) is 4.39 Å². The van der Waals surface area contributed by atoms with E-state index in [9.17, 15) is 9.18 Å². The molecular formula is C24H34FN5O. The summed E-state index contributed by atoms with van der Waals surface area (Å²) in [6.07, 6.45) is 11.3. The van der Waals surface area contributed by atoms with Gasteiger partial charge >= 0.3 is 0 Å². The minimum absolute atomic E-state index is 0.373. The van der Waals surface area contributed by atoms with E-state index in [1.165, 1.54) is 44.6 Å². The molecule has 2 aliphatic heterocycles. The third-order valence-electron chi connectivity index (χ3n) is 6.95. The summed E-state index contributed by atoms with van der Waals surface area (Å²) < 4.78 is 14.1. The van der Waals surface area contributed by atoms with Crippen LogP contribution in [0.15, 0.2) is 30.6 Å². The molecule has 1 unspecified atom stereocenters. The van der Waals surface area contributed by atoms with Crippen molar-refractivity contribution in [3.8, 4) is 0 Å². The quantitative estimate of drug-likeness (QED) is 0.395. The Labute approximate surface area is 185 Å². The lowest BCUT2D eigenvalue weighted by Gasteiger charge is -2.47. The van der Waals surface area contributed by atoms with Gasteiger partial charge in [-0.2, -0.15) is 0 Å². The van der Waals surface area contributed by atoms with E-state index in [4.69, 9.17) is 0 Å². The fourth-order valence-electron chi connectivity index (χ4n) is 5.59. The molecule has 3 aliphatic rings. The molecule has 7 heteroatoms. The third kappa shape index (κ3) is 4.83. The summed E-state index contributed by atoms with van der Waals surface area (Å²) in [5, 5.41) is 0. The summed E-state index contributed by atoms with van der Waals surface area (Å²) >= 11 is 0. The fourth-order valence-corrected chi connectivity index (χ4v) is 5.59. The average molecular weight is 428 g/mol. The summed E-state index contributed by atoms with van der Waals surface area (Å²) in [6, 6.07) is 2.18. The van der Waals surface area contributed by atoms with Crippen molar-refractivity contribution in [3.63, 3.8) is 0 Å². The molecule has 0 amide bonds. The van der Waals surface area contributed by atoms with E-state index in [2.05, 4.69) is 26.7 Å². The van der Waals surface area contributed by atoms with Crippen molar-refractivity contribution in [2.75, 3.05) is 65.3 Å². The molecular weight excluding hydrogens is 393 g/mol. The zero-order valence-electron chi connectivity index (χ0n) is 18.9. The predicted octanol–water partition coefficient (Wildman–Crippen LogP) is 2.48. The maximum Gasteiger partial charge on any atom is 0.152 e. The highest BCUT2D eigenvalue weighted by Crippen LogP contribution is 2.46. The molecule has 1 saturated carbocycles. The number of likely N-dealkylation sites (tertiary alicyclic amines) is 1. The second kappa shape index (κ2) is 9.09. The van der Waals surface area contributed by atoms with E-state index in [0.29, 0.717) is 28.4 Å². The molecule has 2 saturated heterocycles. The van der Waals surface area contributed by atoms with E-state index in [1.54, 1.807) is 6.08 Å². The van der Waals surface area contributed by atoms with E-state index in [1.807, 2.05) is 31.3 Å². The van der Waals surface area contributed by atoms with Gasteiger partial charge in [0, 0.05) is 71.0 Å². The summed E-state index contributed by atoms with van der Waals surface area (Å²) in [7, 11) is 6.04. The predicted molar refractivity (Wildman–Crippen MR) is 122 cm³/mol. The Morgan fingerprint density at radius 2 is 2.00 bits per heavy atom. The minimum Gasteiger partial charge on any atom is -0.383 e. The van der Waals surface area contributed by atoms with Crippen LogP contribution in [0.4, 0.5) is 10.1 Å². The molecule has 3 fully saturated rings. The smallest absolute Gasteiger partial charge is 0.152 e. The number of aromatic nitrogens is 1. The number of anilines is 1. The zero-order valence-corrected chi connectivity index (χ0v) is 18.9. The molecule has 3 heterocycles. The first kappa shape index (κ1) is 22.0. The second-order valence-electron chi connectivity index (χ2n) is 9.66. The van der Waals surface area contributed by atoms with Gasteiger partial charge in [-0.05, 0) is 50.1 Å². The molecule has 1 spiro atoms. The van der Waals surface area contributed by atoms with Crippen molar-refractivity contribution in [1.82, 2.24) is 19.7 Å². The van der Waals surface area contributed by atoms with Gasteiger partial charge in [0.15, 0.2) is 6.29 Å². The van der Waals surface area contributed by atoms with Crippen LogP contribution in [0.1, 0.15) is 25.0 Å². The number of pyridine rings is 1. The van der Waals surface area contributed by atoms with Gasteiger partial charge in [-0.3, -0.25) is 14.7 Å². The monoisotopic (exact) mass is 427 g/mol. The number of hydrogen-bond donors (Lipinski definition) is 0. The van der Waals surface area contributed by atoms with Crippen molar-refractivity contribution in [2.24, 2.45) is 5.41 Å². The number of nitrogens with zero attached hydrogens (tertiary/aromatic N) is 5. The molecule has 1 aliphatic carbocycles. The van der Waals surface area contributed by atoms with Crippen LogP contribution in [-0.2, 0) is 4.79 Å². The van der Waals surface area contributed by atoms with Crippen LogP contribution in [-0.4, -0.2) is 92.4 Å². The Hall–Kier alpha value is -2.25. The van der Waals surface area contributed by atoms with Crippen LogP contribution in [0, 0.1) is 11.2 Å². The number of rotatable bonds is 6. The van der Waals surface area contributed by atoms with E-state index < -0.39 is 0 Å². The van der Waals surface area contributed by atoms with E-state index in [0.717, 1.165) is 32.5 Å². The SMILES string of the molecule is CN(C)/C=C\C=C(/C=O)c1ncc(F)cc1N1CCN(C2CCC3(C2)CN(C)C3)CC1. The molecule has 0 aromatic carbocycles. The van der Waals surface area contributed by atoms with Gasteiger partial charge in [-0.1, -0.05) is 0 Å². The molecule has 0 radical (unpaired) electrons. The first-order valence-corrected chi connectivity index (χ1v) is 11.2. The minimum atomic E-state index is -0.373. The van der Waals surface area contributed by atoms with Crippen LogP contribution in [0.5, 0.6) is 0 Å². The lowest BCUT2D eigenvalue weighted by atomic mass is 9.78. The molecule has 1 aromatic heterocycles. The number of carbonyl (C=O) groups is 1. The molecule has 31 heavy (non-hydrogen) atoms. The number of aldehydes is 1. The van der Waals surface area contributed by atoms with Crippen molar-refractivity contribution >= 4 is 17.5 Å². The van der Waals surface area contributed by atoms with Crippen LogP contribution in [0.3, 0.4) is 0 Å². The van der Waals surface area contributed by atoms with Gasteiger partial charge in [0.05, 0.1) is 17.6 Å². The van der Waals surface area contributed by atoms with Crippen molar-refractivity contribution < 1.29 is 9.18 Å². The number of allylic oxidation sites excluding steroid dienone is 3. The summed E-state index contributed by atoms with van der Waals surface area (Å²) in [4.78, 5) is 25.2. The largest absolute Gasteiger partial charge is 0.383 e. The van der Waals surface area contributed by atoms with Gasteiger partial charge in [0.2, 0.25) is 0 Å². The van der Waals surface area contributed by atoms with Crippen molar-refractivity contribution in [3.05, 3.63) is 42.1 Å². The Kier molecular flexibility index (Phi) is 6.44. The van der Waals surface area contributed by atoms with Gasteiger partial charge < -0.3 is 14.7 Å². The van der Waals surface area contributed by atoms with Crippen molar-refractivity contribution in [2.45, 2.75) is 25.3 Å². The molecule has 1 aromatic rings. The first-order chi connectivity index (χ1) is 14.9. The summed E-state index contributed by atoms with van der Waals surface area (Å²) in [5.41, 5.74) is 2.27. The Morgan fingerprint density at radius 3 is 2.65 bits per heavy atom. The number of halogens is 1. The second-order valence-corrected chi connectivity index (χ2v) is 9.66. The average Bonchev–Trinajstić information content (AvgIpc) is 3.16. The number of carbonyl (C=O) groups excluding carboxylic acids is 1. The molecule has 0 N–H and O–H groups in total. The normalized spacial score (nSPS) is 24.7. The standard InChI is InChI=1S/C24H34FN5O/c1-27(2)8-4-5-19(16-31)23-22(13-20(25)15-26-23)30-11-9-29(10-12-30)21-6-7-24(14-21)17-28(3)18-24/h4-5,8,13,15-16,21H,6-7,9-12,14,17-18H2,1-3H3/b8-4-,19-5+.